The van der Waals surface area contributed by atoms with Gasteiger partial charge in [0.1, 0.15) is 0 Å². The lowest BCUT2D eigenvalue weighted by Gasteiger charge is -2.37. The molecule has 2 heteroatoms. The van der Waals surface area contributed by atoms with Gasteiger partial charge in [-0.3, -0.25) is 0 Å². The van der Waals surface area contributed by atoms with Crippen molar-refractivity contribution in [1.82, 2.24) is 9.97 Å². The zero-order chi connectivity index (χ0) is 35.5. The fourth-order valence-electron chi connectivity index (χ4n) is 10.6. The van der Waals surface area contributed by atoms with Crippen molar-refractivity contribution in [2.24, 2.45) is 0 Å². The SMILES string of the molecule is CC1c2c(c3ccccc3c3ccccc23)C=C2C1c1ccccc1C21c2ccccc2-c2cc(-c3nc(-c4ccccc4)c4ccccc4n3)ccc21. The number of para-hydroxylation sites is 1. The maximum atomic E-state index is 5.28. The molecule has 0 aliphatic heterocycles. The highest BCUT2D eigenvalue weighted by atomic mass is 14.9. The molecule has 2 nitrogen and oxygen atoms in total. The number of benzene rings is 8. The second-order valence-corrected chi connectivity index (χ2v) is 15.2. The minimum absolute atomic E-state index is 0.245. The van der Waals surface area contributed by atoms with E-state index in [1.54, 1.807) is 0 Å². The molecule has 3 unspecified atom stereocenters. The molecule has 0 saturated heterocycles. The highest BCUT2D eigenvalue weighted by Crippen LogP contribution is 2.68. The first kappa shape index (κ1) is 29.9. The van der Waals surface area contributed by atoms with Gasteiger partial charge in [0, 0.05) is 22.4 Å². The Hall–Kier alpha value is -6.64. The summed E-state index contributed by atoms with van der Waals surface area (Å²) in [5.74, 6) is 1.28. The van der Waals surface area contributed by atoms with Gasteiger partial charge in [0.05, 0.1) is 16.6 Å². The predicted octanol–water partition coefficient (Wildman–Crippen LogP) is 12.9. The number of aromatic nitrogens is 2. The van der Waals surface area contributed by atoms with Crippen LogP contribution in [0.25, 0.3) is 72.3 Å². The Labute approximate surface area is 314 Å². The molecule has 8 aromatic carbocycles. The van der Waals surface area contributed by atoms with E-state index in [0.717, 1.165) is 33.5 Å². The highest BCUT2D eigenvalue weighted by Gasteiger charge is 2.57. The van der Waals surface area contributed by atoms with Crippen LogP contribution in [0.4, 0.5) is 0 Å². The van der Waals surface area contributed by atoms with E-state index in [-0.39, 0.29) is 11.8 Å². The second-order valence-electron chi connectivity index (χ2n) is 15.2. The van der Waals surface area contributed by atoms with Crippen LogP contribution in [0.3, 0.4) is 0 Å². The monoisotopic (exact) mass is 686 g/mol. The van der Waals surface area contributed by atoms with Gasteiger partial charge in [0.2, 0.25) is 0 Å². The topological polar surface area (TPSA) is 25.8 Å². The Bertz CT molecular complexity index is 3080. The summed E-state index contributed by atoms with van der Waals surface area (Å²) in [6.45, 7) is 2.47. The van der Waals surface area contributed by atoms with E-state index in [1.807, 2.05) is 0 Å². The standard InChI is InChI=1S/C52H34N2/c1-31-48-38-21-8-7-18-35(38)34-17-5-6-19-36(34)42(48)30-46-49(31)39-22-10-13-25-44(39)52(46)43-24-12-9-20-37(43)41-29-33(27-28-45(41)52)51-53-47-26-14-11-23-40(47)50(54-51)32-15-3-2-4-16-32/h2-31,49H,1H3. The van der Waals surface area contributed by atoms with Crippen LogP contribution in [0.1, 0.15) is 52.1 Å². The van der Waals surface area contributed by atoms with Gasteiger partial charge >= 0.3 is 0 Å². The van der Waals surface area contributed by atoms with Crippen molar-refractivity contribution in [2.45, 2.75) is 24.2 Å². The minimum atomic E-state index is -0.413. The van der Waals surface area contributed by atoms with E-state index in [9.17, 15) is 0 Å². The van der Waals surface area contributed by atoms with Gasteiger partial charge in [-0.15, -0.1) is 0 Å². The first-order valence-electron chi connectivity index (χ1n) is 19.0. The third-order valence-corrected chi connectivity index (χ3v) is 12.7. The lowest BCUT2D eigenvalue weighted by atomic mass is 9.64. The van der Waals surface area contributed by atoms with Crippen LogP contribution in [0.15, 0.2) is 175 Å². The molecular formula is C52H34N2. The molecule has 0 saturated carbocycles. The molecule has 3 aliphatic rings. The zero-order valence-corrected chi connectivity index (χ0v) is 29.8. The van der Waals surface area contributed by atoms with E-state index < -0.39 is 5.41 Å². The van der Waals surface area contributed by atoms with Crippen LogP contribution in [0.5, 0.6) is 0 Å². The van der Waals surface area contributed by atoms with Crippen molar-refractivity contribution < 1.29 is 0 Å². The molecule has 1 aromatic heterocycles. The van der Waals surface area contributed by atoms with E-state index in [2.05, 4.69) is 183 Å². The Balaban J connectivity index is 1.14. The summed E-state index contributed by atoms with van der Waals surface area (Å²) in [7, 11) is 0. The van der Waals surface area contributed by atoms with E-state index >= 15 is 0 Å². The van der Waals surface area contributed by atoms with Gasteiger partial charge in [-0.05, 0) is 89.7 Å². The summed E-state index contributed by atoms with van der Waals surface area (Å²) in [4.78, 5) is 10.4. The molecule has 3 aliphatic carbocycles. The number of hydrogen-bond donors (Lipinski definition) is 0. The van der Waals surface area contributed by atoms with Crippen LogP contribution in [0.2, 0.25) is 0 Å². The second kappa shape index (κ2) is 10.9. The number of rotatable bonds is 2. The molecular weight excluding hydrogens is 653 g/mol. The van der Waals surface area contributed by atoms with Crippen molar-refractivity contribution in [2.75, 3.05) is 0 Å². The maximum absolute atomic E-state index is 5.28. The third-order valence-electron chi connectivity index (χ3n) is 12.7. The zero-order valence-electron chi connectivity index (χ0n) is 29.8. The van der Waals surface area contributed by atoms with Gasteiger partial charge < -0.3 is 0 Å². The van der Waals surface area contributed by atoms with Crippen LogP contribution < -0.4 is 0 Å². The Morgan fingerprint density at radius 1 is 0.481 bits per heavy atom. The summed E-state index contributed by atoms with van der Waals surface area (Å²) >= 11 is 0. The molecule has 9 aromatic rings. The number of allylic oxidation sites excluding steroid dienone is 1. The Morgan fingerprint density at radius 3 is 1.94 bits per heavy atom. The highest BCUT2D eigenvalue weighted by molar-refractivity contribution is 6.14. The normalized spacial score (nSPS) is 19.0. The van der Waals surface area contributed by atoms with Gasteiger partial charge in [-0.25, -0.2) is 9.97 Å². The molecule has 0 amide bonds. The summed E-state index contributed by atoms with van der Waals surface area (Å²) in [6, 6.07) is 62.3. The summed E-state index contributed by atoms with van der Waals surface area (Å²) in [6.07, 6.45) is 2.60. The molecule has 252 valence electrons. The Morgan fingerprint density at radius 2 is 1.11 bits per heavy atom. The van der Waals surface area contributed by atoms with Crippen LogP contribution in [-0.4, -0.2) is 9.97 Å². The van der Waals surface area contributed by atoms with E-state index in [0.29, 0.717) is 0 Å². The van der Waals surface area contributed by atoms with Crippen molar-refractivity contribution in [3.8, 4) is 33.8 Å². The van der Waals surface area contributed by atoms with Gasteiger partial charge in [-0.2, -0.15) is 0 Å². The molecule has 0 N–H and O–H groups in total. The van der Waals surface area contributed by atoms with Crippen molar-refractivity contribution in [3.63, 3.8) is 0 Å². The van der Waals surface area contributed by atoms with Crippen molar-refractivity contribution in [1.29, 1.82) is 0 Å². The molecule has 0 radical (unpaired) electrons. The van der Waals surface area contributed by atoms with Crippen LogP contribution in [-0.2, 0) is 5.41 Å². The molecule has 12 rings (SSSR count). The van der Waals surface area contributed by atoms with Gasteiger partial charge in [-0.1, -0.05) is 171 Å². The molecule has 1 heterocycles. The molecule has 54 heavy (non-hydrogen) atoms. The Kier molecular flexibility index (Phi) is 6.06. The molecule has 1 spiro atoms. The van der Waals surface area contributed by atoms with E-state index in [4.69, 9.17) is 9.97 Å². The molecule has 3 atom stereocenters. The van der Waals surface area contributed by atoms with Crippen LogP contribution >= 0.6 is 0 Å². The number of nitrogens with zero attached hydrogens (tertiary/aromatic N) is 2. The van der Waals surface area contributed by atoms with Crippen molar-refractivity contribution in [3.05, 3.63) is 209 Å². The first-order valence-corrected chi connectivity index (χ1v) is 19.0. The summed E-state index contributed by atoms with van der Waals surface area (Å²) in [5.41, 5.74) is 16.0. The van der Waals surface area contributed by atoms with Gasteiger partial charge in [0.25, 0.3) is 0 Å². The summed E-state index contributed by atoms with van der Waals surface area (Å²) in [5, 5.41) is 6.42. The minimum Gasteiger partial charge on any atom is -0.228 e. The quantitative estimate of drug-likeness (QED) is 0.169. The van der Waals surface area contributed by atoms with Crippen LogP contribution in [0, 0.1) is 0 Å². The predicted molar refractivity (Wildman–Crippen MR) is 223 cm³/mol. The average molecular weight is 687 g/mol. The van der Waals surface area contributed by atoms with Gasteiger partial charge in [0.15, 0.2) is 5.82 Å². The lowest BCUT2D eigenvalue weighted by molar-refractivity contribution is 0.622. The lowest BCUT2D eigenvalue weighted by Crippen LogP contribution is -2.28. The van der Waals surface area contributed by atoms with E-state index in [1.165, 1.54) is 71.6 Å². The van der Waals surface area contributed by atoms with Crippen molar-refractivity contribution >= 4 is 38.5 Å². The third kappa shape index (κ3) is 3.80. The maximum Gasteiger partial charge on any atom is 0.160 e. The number of hydrogen-bond acceptors (Lipinski definition) is 2. The first-order chi connectivity index (χ1) is 26.7. The largest absolute Gasteiger partial charge is 0.228 e. The average Bonchev–Trinajstić information content (AvgIpc) is 3.70. The molecule has 0 fully saturated rings. The molecule has 0 bridgehead atoms. The smallest absolute Gasteiger partial charge is 0.160 e. The fourth-order valence-corrected chi connectivity index (χ4v) is 10.6. The summed E-state index contributed by atoms with van der Waals surface area (Å²) < 4.78 is 0. The number of fused-ring (bicyclic) bond motifs is 17. The fraction of sp³-hybridized carbons (Fsp3) is 0.0769.